The van der Waals surface area contributed by atoms with Crippen LogP contribution in [0.4, 0.5) is 0 Å². The normalized spacial score (nSPS) is 9.09. The van der Waals surface area contributed by atoms with Crippen LogP contribution in [0.5, 0.6) is 0 Å². The molecule has 4 rings (SSSR count). The number of rotatable bonds is 0. The molecule has 4 aromatic carbocycles. The summed E-state index contributed by atoms with van der Waals surface area (Å²) in [4.78, 5) is 0. The van der Waals surface area contributed by atoms with Crippen LogP contribution in [0, 0.1) is 0 Å². The van der Waals surface area contributed by atoms with E-state index in [0.717, 1.165) is 0 Å². The first-order valence-corrected chi connectivity index (χ1v) is 6.81. The Kier molecular flexibility index (Phi) is 9.81. The molecule has 0 bridgehead atoms. The van der Waals surface area contributed by atoms with Crippen LogP contribution in [0.25, 0.3) is 21.5 Å². The van der Waals surface area contributed by atoms with E-state index in [1.165, 1.54) is 21.5 Å². The SMILES string of the molecule is [K].[Na].c1ccc2ccccc2c1.c1ccc2ccccc2c1. The third kappa shape index (κ3) is 5.59. The summed E-state index contributed by atoms with van der Waals surface area (Å²) in [6.07, 6.45) is 0. The van der Waals surface area contributed by atoms with E-state index in [4.69, 9.17) is 0 Å². The maximum absolute atomic E-state index is 2.12. The van der Waals surface area contributed by atoms with Gasteiger partial charge in [0.2, 0.25) is 0 Å². The van der Waals surface area contributed by atoms with E-state index in [2.05, 4.69) is 97.1 Å². The maximum atomic E-state index is 2.12. The fraction of sp³-hybridized carbons (Fsp3) is 0. The van der Waals surface area contributed by atoms with Gasteiger partial charge in [-0.15, -0.1) is 0 Å². The van der Waals surface area contributed by atoms with E-state index in [-0.39, 0.29) is 80.9 Å². The van der Waals surface area contributed by atoms with Crippen molar-refractivity contribution < 1.29 is 0 Å². The van der Waals surface area contributed by atoms with E-state index in [0.29, 0.717) is 0 Å². The van der Waals surface area contributed by atoms with Crippen molar-refractivity contribution in [3.63, 3.8) is 0 Å². The van der Waals surface area contributed by atoms with Gasteiger partial charge in [0.1, 0.15) is 0 Å². The quantitative estimate of drug-likeness (QED) is 0.404. The van der Waals surface area contributed by atoms with E-state index in [9.17, 15) is 0 Å². The standard InChI is InChI=1S/2C10H8.K.Na/c2*1-2-6-10-8-4-3-7-9(10)5-1;;/h2*1-8H;;. The van der Waals surface area contributed by atoms with E-state index < -0.39 is 0 Å². The predicted octanol–water partition coefficient (Wildman–Crippen LogP) is 4.92. The molecular formula is C20H16KNa. The van der Waals surface area contributed by atoms with Crippen LogP contribution < -0.4 is 0 Å². The second kappa shape index (κ2) is 10.7. The summed E-state index contributed by atoms with van der Waals surface area (Å²) in [5.41, 5.74) is 0. The van der Waals surface area contributed by atoms with Gasteiger partial charge in [0.25, 0.3) is 0 Å². The monoisotopic (exact) mass is 318 g/mol. The van der Waals surface area contributed by atoms with Gasteiger partial charge in [0, 0.05) is 80.9 Å². The van der Waals surface area contributed by atoms with Crippen molar-refractivity contribution in [2.24, 2.45) is 0 Å². The average molecular weight is 318 g/mol. The van der Waals surface area contributed by atoms with Gasteiger partial charge < -0.3 is 0 Å². The van der Waals surface area contributed by atoms with Crippen molar-refractivity contribution in [3.8, 4) is 0 Å². The molecule has 0 N–H and O–H groups in total. The average Bonchev–Trinajstić information content (AvgIpc) is 2.56. The Labute approximate surface area is 196 Å². The molecule has 2 radical (unpaired) electrons. The van der Waals surface area contributed by atoms with Gasteiger partial charge in [-0.3, -0.25) is 0 Å². The molecule has 0 heterocycles. The number of fused-ring (bicyclic) bond motifs is 2. The van der Waals surface area contributed by atoms with Crippen molar-refractivity contribution in [2.75, 3.05) is 0 Å². The molecule has 0 fully saturated rings. The molecule has 0 spiro atoms. The maximum Gasteiger partial charge on any atom is 0 e. The Morgan fingerprint density at radius 2 is 0.455 bits per heavy atom. The predicted molar refractivity (Wildman–Crippen MR) is 99.4 cm³/mol. The summed E-state index contributed by atoms with van der Waals surface area (Å²) in [5.74, 6) is 0. The topological polar surface area (TPSA) is 0 Å². The Balaban J connectivity index is 0.000000202. The minimum absolute atomic E-state index is 0. The van der Waals surface area contributed by atoms with Crippen LogP contribution in [0.1, 0.15) is 0 Å². The first kappa shape index (κ1) is 20.1. The van der Waals surface area contributed by atoms with Crippen LogP contribution in [0.15, 0.2) is 97.1 Å². The second-order valence-corrected chi connectivity index (χ2v) is 4.69. The summed E-state index contributed by atoms with van der Waals surface area (Å²) >= 11 is 0. The smallest absolute Gasteiger partial charge is 0 e. The van der Waals surface area contributed by atoms with Crippen LogP contribution >= 0.6 is 0 Å². The molecule has 2 heteroatoms. The summed E-state index contributed by atoms with van der Waals surface area (Å²) < 4.78 is 0. The van der Waals surface area contributed by atoms with Crippen LogP contribution in [0.3, 0.4) is 0 Å². The number of hydrogen-bond acceptors (Lipinski definition) is 0. The third-order valence-corrected chi connectivity index (χ3v) is 3.32. The van der Waals surface area contributed by atoms with Crippen molar-refractivity contribution in [2.45, 2.75) is 0 Å². The van der Waals surface area contributed by atoms with Gasteiger partial charge in [-0.05, 0) is 21.5 Å². The summed E-state index contributed by atoms with van der Waals surface area (Å²) in [5, 5.41) is 5.24. The Morgan fingerprint density at radius 3 is 0.591 bits per heavy atom. The summed E-state index contributed by atoms with van der Waals surface area (Å²) in [6.45, 7) is 0. The van der Waals surface area contributed by atoms with Gasteiger partial charge in [0.05, 0.1) is 0 Å². The number of benzene rings is 4. The molecule has 0 aliphatic rings. The zero-order valence-corrected chi connectivity index (χ0v) is 18.4. The Morgan fingerprint density at radius 1 is 0.318 bits per heavy atom. The molecule has 0 aliphatic carbocycles. The molecule has 22 heavy (non-hydrogen) atoms. The molecule has 0 saturated heterocycles. The van der Waals surface area contributed by atoms with Gasteiger partial charge in [0.15, 0.2) is 0 Å². The number of hydrogen-bond donors (Lipinski definition) is 0. The van der Waals surface area contributed by atoms with Gasteiger partial charge in [-0.2, -0.15) is 0 Å². The largest absolute Gasteiger partial charge is 0.0616 e. The molecule has 0 amide bonds. The molecule has 0 nitrogen and oxygen atoms in total. The van der Waals surface area contributed by atoms with Crippen LogP contribution in [0.2, 0.25) is 0 Å². The van der Waals surface area contributed by atoms with E-state index >= 15 is 0 Å². The molecule has 0 aromatic heterocycles. The summed E-state index contributed by atoms with van der Waals surface area (Å²) in [6, 6.07) is 33.4. The van der Waals surface area contributed by atoms with Crippen molar-refractivity contribution >= 4 is 102 Å². The molecule has 0 unspecified atom stereocenters. The molecule has 98 valence electrons. The minimum Gasteiger partial charge on any atom is -0.0616 e. The van der Waals surface area contributed by atoms with Crippen LogP contribution in [-0.4, -0.2) is 80.9 Å². The molecular weight excluding hydrogens is 302 g/mol. The second-order valence-electron chi connectivity index (χ2n) is 4.69. The zero-order valence-electron chi connectivity index (χ0n) is 13.2. The fourth-order valence-corrected chi connectivity index (χ4v) is 2.27. The molecule has 0 saturated carbocycles. The van der Waals surface area contributed by atoms with Gasteiger partial charge in [-0.25, -0.2) is 0 Å². The molecule has 0 aliphatic heterocycles. The van der Waals surface area contributed by atoms with E-state index in [1.54, 1.807) is 0 Å². The Hall–Kier alpha value is 0.0364. The first-order valence-electron chi connectivity index (χ1n) is 6.81. The van der Waals surface area contributed by atoms with Crippen molar-refractivity contribution in [3.05, 3.63) is 97.1 Å². The molecule has 0 atom stereocenters. The fourth-order valence-electron chi connectivity index (χ4n) is 2.27. The van der Waals surface area contributed by atoms with Gasteiger partial charge >= 0.3 is 0 Å². The minimum atomic E-state index is 0. The Bertz CT molecular complexity index is 625. The molecule has 4 aromatic rings. The van der Waals surface area contributed by atoms with Crippen molar-refractivity contribution in [1.29, 1.82) is 0 Å². The third-order valence-electron chi connectivity index (χ3n) is 3.32. The van der Waals surface area contributed by atoms with E-state index in [1.807, 2.05) is 0 Å². The van der Waals surface area contributed by atoms with Gasteiger partial charge in [-0.1, -0.05) is 97.1 Å². The summed E-state index contributed by atoms with van der Waals surface area (Å²) in [7, 11) is 0. The first-order chi connectivity index (χ1) is 9.93. The van der Waals surface area contributed by atoms with Crippen LogP contribution in [-0.2, 0) is 0 Å². The van der Waals surface area contributed by atoms with Crippen molar-refractivity contribution in [1.82, 2.24) is 0 Å². The zero-order chi connectivity index (χ0) is 13.6.